The van der Waals surface area contributed by atoms with Gasteiger partial charge < -0.3 is 5.73 Å². The van der Waals surface area contributed by atoms with Gasteiger partial charge in [-0.3, -0.25) is 9.48 Å². The molecule has 0 spiro atoms. The summed E-state index contributed by atoms with van der Waals surface area (Å²) in [4.78, 5) is 11.3. The molecule has 9 heteroatoms. The van der Waals surface area contributed by atoms with Gasteiger partial charge in [0.1, 0.15) is 4.88 Å². The van der Waals surface area contributed by atoms with E-state index >= 15 is 0 Å². The van der Waals surface area contributed by atoms with Gasteiger partial charge >= 0.3 is 6.18 Å². The van der Waals surface area contributed by atoms with E-state index in [4.69, 9.17) is 17.3 Å². The van der Waals surface area contributed by atoms with Crippen LogP contribution >= 0.6 is 22.9 Å². The van der Waals surface area contributed by atoms with Gasteiger partial charge in [-0.1, -0.05) is 11.6 Å². The van der Waals surface area contributed by atoms with Crippen molar-refractivity contribution in [2.75, 3.05) is 0 Å². The van der Waals surface area contributed by atoms with Crippen LogP contribution in [0.15, 0.2) is 30.5 Å². The fourth-order valence-electron chi connectivity index (χ4n) is 2.25. The van der Waals surface area contributed by atoms with E-state index in [0.29, 0.717) is 32.1 Å². The Morgan fingerprint density at radius 1 is 1.30 bits per heavy atom. The first kappa shape index (κ1) is 15.8. The molecule has 1 amide bonds. The van der Waals surface area contributed by atoms with Crippen LogP contribution in [0.5, 0.6) is 0 Å². The number of thiophene rings is 1. The maximum absolute atomic E-state index is 12.7. The lowest BCUT2D eigenvalue weighted by molar-refractivity contribution is -0.134. The minimum atomic E-state index is -4.38. The Bertz CT molecular complexity index is 900. The van der Waals surface area contributed by atoms with Crippen LogP contribution in [0.4, 0.5) is 13.2 Å². The number of benzene rings is 1. The molecule has 0 aliphatic heterocycles. The lowest BCUT2D eigenvalue weighted by atomic mass is 10.1. The molecule has 23 heavy (non-hydrogen) atoms. The summed E-state index contributed by atoms with van der Waals surface area (Å²) in [7, 11) is 0. The first-order valence-corrected chi connectivity index (χ1v) is 7.56. The number of hydrogen-bond donors (Lipinski definition) is 1. The molecule has 0 atom stereocenters. The van der Waals surface area contributed by atoms with Crippen molar-refractivity contribution >= 4 is 39.7 Å². The largest absolute Gasteiger partial charge is 0.425 e. The highest BCUT2D eigenvalue weighted by Gasteiger charge is 2.32. The van der Waals surface area contributed by atoms with E-state index in [1.54, 1.807) is 0 Å². The molecule has 0 aliphatic rings. The third-order valence-corrected chi connectivity index (χ3v) is 4.70. The Labute approximate surface area is 137 Å². The van der Waals surface area contributed by atoms with Gasteiger partial charge in [-0.25, -0.2) is 0 Å². The molecule has 1 aromatic carbocycles. The van der Waals surface area contributed by atoms with Gasteiger partial charge in [0.2, 0.25) is 0 Å². The fourth-order valence-corrected chi connectivity index (χ4v) is 3.31. The number of nitrogens with zero attached hydrogens (tertiary/aromatic N) is 2. The maximum atomic E-state index is 12.7. The predicted octanol–water partition coefficient (Wildman–Crippen LogP) is 3.92. The molecule has 0 bridgehead atoms. The van der Waals surface area contributed by atoms with Crippen LogP contribution in [-0.2, 0) is 12.7 Å². The fraction of sp³-hybridized carbons (Fsp3) is 0.143. The van der Waals surface area contributed by atoms with Gasteiger partial charge in [0.25, 0.3) is 5.91 Å². The molecule has 0 aliphatic carbocycles. The quantitative estimate of drug-likeness (QED) is 0.770. The molecule has 3 aromatic rings. The van der Waals surface area contributed by atoms with Crippen molar-refractivity contribution in [2.45, 2.75) is 12.7 Å². The molecule has 2 heterocycles. The van der Waals surface area contributed by atoms with Crippen LogP contribution in [0.2, 0.25) is 5.02 Å². The van der Waals surface area contributed by atoms with E-state index in [-0.39, 0.29) is 12.1 Å². The Morgan fingerprint density at radius 3 is 2.65 bits per heavy atom. The van der Waals surface area contributed by atoms with Crippen molar-refractivity contribution in [2.24, 2.45) is 5.73 Å². The number of rotatable bonds is 3. The highest BCUT2D eigenvalue weighted by molar-refractivity contribution is 7.12. The highest BCUT2D eigenvalue weighted by Crippen LogP contribution is 2.35. The summed E-state index contributed by atoms with van der Waals surface area (Å²) in [5.41, 5.74) is 5.97. The van der Waals surface area contributed by atoms with E-state index in [1.807, 2.05) is 0 Å². The molecule has 3 rings (SSSR count). The molecule has 2 N–H and O–H groups in total. The molecular formula is C14H9ClF3N3OS. The number of nitrogens with two attached hydrogens (primary N) is 1. The molecule has 0 fully saturated rings. The summed E-state index contributed by atoms with van der Waals surface area (Å²) in [6, 6.07) is 5.41. The number of primary amides is 1. The third kappa shape index (κ3) is 2.91. The van der Waals surface area contributed by atoms with E-state index in [1.165, 1.54) is 29.1 Å². The van der Waals surface area contributed by atoms with Crippen molar-refractivity contribution in [3.63, 3.8) is 0 Å². The molecule has 0 saturated heterocycles. The standard InChI is InChI=1S/C14H9ClF3N3OS/c15-10-3-2-8(13(19)22)12-9(10)5-20-21(12)6-7-1-4-11(23-7)14(16,17)18/h1-5H,6H2,(H2,19,22). The van der Waals surface area contributed by atoms with Crippen LogP contribution in [-0.4, -0.2) is 15.7 Å². The predicted molar refractivity (Wildman–Crippen MR) is 81.7 cm³/mol. The number of fused-ring (bicyclic) bond motifs is 1. The minimum Gasteiger partial charge on any atom is -0.366 e. The van der Waals surface area contributed by atoms with Gasteiger partial charge in [0.15, 0.2) is 0 Å². The van der Waals surface area contributed by atoms with E-state index < -0.39 is 17.0 Å². The molecular weight excluding hydrogens is 351 g/mol. The average Bonchev–Trinajstić information content (AvgIpc) is 3.07. The van der Waals surface area contributed by atoms with Crippen molar-refractivity contribution in [3.05, 3.63) is 50.8 Å². The van der Waals surface area contributed by atoms with Crippen LogP contribution in [0.3, 0.4) is 0 Å². The van der Waals surface area contributed by atoms with Crippen molar-refractivity contribution in [1.29, 1.82) is 0 Å². The van der Waals surface area contributed by atoms with Gasteiger partial charge in [-0.15, -0.1) is 11.3 Å². The molecule has 2 aromatic heterocycles. The molecule has 0 unspecified atom stereocenters. The number of carbonyl (C=O) groups excluding carboxylic acids is 1. The van der Waals surface area contributed by atoms with Crippen LogP contribution in [0.1, 0.15) is 20.1 Å². The number of amides is 1. The highest BCUT2D eigenvalue weighted by atomic mass is 35.5. The smallest absolute Gasteiger partial charge is 0.366 e. The Balaban J connectivity index is 2.05. The van der Waals surface area contributed by atoms with Gasteiger partial charge in [-0.05, 0) is 24.3 Å². The number of halogens is 4. The summed E-state index contributed by atoms with van der Waals surface area (Å²) in [5, 5.41) is 5.03. The molecule has 0 radical (unpaired) electrons. The topological polar surface area (TPSA) is 60.9 Å². The summed E-state index contributed by atoms with van der Waals surface area (Å²) < 4.78 is 39.4. The third-order valence-electron chi connectivity index (χ3n) is 3.26. The van der Waals surface area contributed by atoms with Gasteiger partial charge in [0.05, 0.1) is 28.8 Å². The van der Waals surface area contributed by atoms with Gasteiger partial charge in [-0.2, -0.15) is 18.3 Å². The molecule has 120 valence electrons. The summed E-state index contributed by atoms with van der Waals surface area (Å²) in [6.07, 6.45) is -2.92. The lowest BCUT2D eigenvalue weighted by Gasteiger charge is -2.06. The van der Waals surface area contributed by atoms with Gasteiger partial charge in [0, 0.05) is 10.3 Å². The number of alkyl halides is 3. The van der Waals surface area contributed by atoms with E-state index in [9.17, 15) is 18.0 Å². The van der Waals surface area contributed by atoms with Crippen LogP contribution in [0, 0.1) is 0 Å². The lowest BCUT2D eigenvalue weighted by Crippen LogP contribution is -2.13. The Kier molecular flexibility index (Phi) is 3.81. The first-order valence-electron chi connectivity index (χ1n) is 6.37. The Hall–Kier alpha value is -2.06. The van der Waals surface area contributed by atoms with Crippen LogP contribution < -0.4 is 5.73 Å². The second-order valence-electron chi connectivity index (χ2n) is 4.79. The maximum Gasteiger partial charge on any atom is 0.425 e. The number of hydrogen-bond acceptors (Lipinski definition) is 3. The zero-order chi connectivity index (χ0) is 16.8. The zero-order valence-corrected chi connectivity index (χ0v) is 13.0. The Morgan fingerprint density at radius 2 is 2.04 bits per heavy atom. The minimum absolute atomic E-state index is 0.0882. The second kappa shape index (κ2) is 5.54. The van der Waals surface area contributed by atoms with Crippen molar-refractivity contribution in [1.82, 2.24) is 9.78 Å². The molecule has 0 saturated carbocycles. The monoisotopic (exact) mass is 359 g/mol. The SMILES string of the molecule is NC(=O)c1ccc(Cl)c2cnn(Cc3ccc(C(F)(F)F)s3)c12. The van der Waals surface area contributed by atoms with E-state index in [0.717, 1.165) is 6.07 Å². The number of aromatic nitrogens is 2. The second-order valence-corrected chi connectivity index (χ2v) is 6.36. The first-order chi connectivity index (χ1) is 10.8. The van der Waals surface area contributed by atoms with Crippen LogP contribution in [0.25, 0.3) is 10.9 Å². The van der Waals surface area contributed by atoms with Crippen molar-refractivity contribution in [3.8, 4) is 0 Å². The summed E-state index contributed by atoms with van der Waals surface area (Å²) in [5.74, 6) is -0.657. The summed E-state index contributed by atoms with van der Waals surface area (Å²) in [6.45, 7) is 0.0882. The van der Waals surface area contributed by atoms with Crippen molar-refractivity contribution < 1.29 is 18.0 Å². The average molecular weight is 360 g/mol. The molecule has 4 nitrogen and oxygen atoms in total. The summed E-state index contributed by atoms with van der Waals surface area (Å²) >= 11 is 6.69. The normalized spacial score (nSPS) is 12.0. The van der Waals surface area contributed by atoms with E-state index in [2.05, 4.69) is 5.10 Å². The number of carbonyl (C=O) groups is 1. The zero-order valence-electron chi connectivity index (χ0n) is 11.4.